The molecule has 0 amide bonds. The van der Waals surface area contributed by atoms with Crippen molar-refractivity contribution in [2.75, 3.05) is 24.7 Å². The number of nitrogens with two attached hydrogens (primary N) is 1. The highest BCUT2D eigenvalue weighted by molar-refractivity contribution is 8.09. The summed E-state index contributed by atoms with van der Waals surface area (Å²) in [6, 6.07) is 7.77. The van der Waals surface area contributed by atoms with Crippen LogP contribution in [0.25, 0.3) is 11.2 Å². The summed E-state index contributed by atoms with van der Waals surface area (Å²) in [5.74, 6) is 0.154. The number of aromatic nitrogens is 4. The number of halogens is 1. The molecule has 218 valence electrons. The molecule has 4 rings (SSSR count). The number of benzene rings is 1. The zero-order chi connectivity index (χ0) is 29.2. The van der Waals surface area contributed by atoms with Crippen LogP contribution in [0.4, 0.5) is 16.2 Å². The summed E-state index contributed by atoms with van der Waals surface area (Å²) in [7, 11) is 1.64. The number of hydrogen-bond donors (Lipinski definition) is 4. The number of esters is 1. The summed E-state index contributed by atoms with van der Waals surface area (Å²) in [5, 5.41) is 16.7. The van der Waals surface area contributed by atoms with E-state index in [1.807, 2.05) is 0 Å². The third-order valence-corrected chi connectivity index (χ3v) is 8.58. The van der Waals surface area contributed by atoms with Crippen LogP contribution in [0.3, 0.4) is 0 Å². The van der Waals surface area contributed by atoms with Crippen molar-refractivity contribution in [3.8, 4) is 5.75 Å². The summed E-state index contributed by atoms with van der Waals surface area (Å²) < 4.78 is 40.5. The van der Waals surface area contributed by atoms with Crippen LogP contribution in [0.2, 0.25) is 0 Å². The zero-order valence-electron chi connectivity index (χ0n) is 22.6. The number of carbonyl (C=O) groups is 1. The fourth-order valence-electron chi connectivity index (χ4n) is 4.14. The van der Waals surface area contributed by atoms with E-state index in [0.29, 0.717) is 17.1 Å². The Kier molecular flexibility index (Phi) is 8.93. The van der Waals surface area contributed by atoms with Crippen molar-refractivity contribution >= 4 is 47.3 Å². The highest BCUT2D eigenvalue weighted by Crippen LogP contribution is 2.48. The molecule has 40 heavy (non-hydrogen) atoms. The number of imidazole rings is 1. The van der Waals surface area contributed by atoms with Gasteiger partial charge in [0.05, 0.1) is 19.0 Å². The highest BCUT2D eigenvalue weighted by Gasteiger charge is 2.56. The lowest BCUT2D eigenvalue weighted by Crippen LogP contribution is -2.41. The van der Waals surface area contributed by atoms with E-state index in [1.54, 1.807) is 58.2 Å². The van der Waals surface area contributed by atoms with E-state index in [4.69, 9.17) is 36.1 Å². The van der Waals surface area contributed by atoms with Crippen LogP contribution in [0.1, 0.15) is 33.9 Å². The van der Waals surface area contributed by atoms with Crippen LogP contribution in [-0.4, -0.2) is 74.3 Å². The van der Waals surface area contributed by atoms with Gasteiger partial charge in [0, 0.05) is 7.05 Å². The van der Waals surface area contributed by atoms with E-state index in [-0.39, 0.29) is 24.3 Å². The normalized spacial score (nSPS) is 25.1. The number of aliphatic hydroxyl groups excluding tert-OH is 1. The van der Waals surface area contributed by atoms with Crippen molar-refractivity contribution in [2.24, 2.45) is 0 Å². The fourth-order valence-corrected chi connectivity index (χ4v) is 6.55. The number of hydrogen-bond acceptors (Lipinski definition) is 12. The second-order valence-corrected chi connectivity index (χ2v) is 12.8. The van der Waals surface area contributed by atoms with Gasteiger partial charge in [-0.05, 0) is 51.6 Å². The minimum Gasteiger partial charge on any atom is -0.462 e. The van der Waals surface area contributed by atoms with Crippen molar-refractivity contribution in [1.29, 1.82) is 0 Å². The maximum atomic E-state index is 16.0. The van der Waals surface area contributed by atoms with Crippen LogP contribution in [0.15, 0.2) is 36.7 Å². The third kappa shape index (κ3) is 6.35. The Balaban J connectivity index is 1.56. The predicted octanol–water partition coefficient (Wildman–Crippen LogP) is 2.69. The first-order valence-electron chi connectivity index (χ1n) is 12.5. The fraction of sp³-hybridized carbons (Fsp3) is 0.500. The number of aliphatic hydroxyl groups is 1. The lowest BCUT2D eigenvalue weighted by molar-refractivity contribution is -0.149. The number of nitrogens with zero attached hydrogens (tertiary/aromatic N) is 4. The van der Waals surface area contributed by atoms with E-state index in [9.17, 15) is 9.90 Å². The number of carbonyl (C=O) groups excluding carboxylic acids is 1. The second kappa shape index (κ2) is 11.9. The number of nitrogen functional groups attached to an aromatic ring is 1. The molecule has 3 aromatic rings. The first-order chi connectivity index (χ1) is 18.8. The van der Waals surface area contributed by atoms with Crippen molar-refractivity contribution in [3.63, 3.8) is 0 Å². The van der Waals surface area contributed by atoms with Gasteiger partial charge in [-0.3, -0.25) is 9.36 Å². The van der Waals surface area contributed by atoms with Crippen LogP contribution in [0, 0.1) is 0 Å². The molecule has 0 aliphatic carbocycles. The third-order valence-electron chi connectivity index (χ3n) is 6.08. The van der Waals surface area contributed by atoms with E-state index in [2.05, 4.69) is 25.4 Å². The second-order valence-electron chi connectivity index (χ2n) is 9.66. The SMILES string of the molecule is CNc1nc(N)nc2c1ncn2[C@@H]1O[C@H](CO[P@](=S)(N[C@@H](C)C(=O)OC(C)C)Oc2ccccc2)[C@@H](O)[C@@]1(C)F. The maximum Gasteiger partial charge on any atom is 0.323 e. The molecule has 16 heteroatoms. The molecule has 1 aliphatic rings. The summed E-state index contributed by atoms with van der Waals surface area (Å²) in [6.45, 7) is 2.42. The van der Waals surface area contributed by atoms with E-state index < -0.39 is 42.8 Å². The molecule has 0 spiro atoms. The topological polar surface area (TPSA) is 168 Å². The van der Waals surface area contributed by atoms with Gasteiger partial charge in [0.15, 0.2) is 28.9 Å². The van der Waals surface area contributed by atoms with Crippen molar-refractivity contribution in [3.05, 3.63) is 36.7 Å². The first kappa shape index (κ1) is 30.0. The molecule has 1 aromatic carbocycles. The minimum atomic E-state index is -3.45. The average molecular weight is 598 g/mol. The number of para-hydroxylation sites is 1. The molecule has 1 saturated heterocycles. The Hall–Kier alpha value is -2.94. The smallest absolute Gasteiger partial charge is 0.323 e. The zero-order valence-corrected chi connectivity index (χ0v) is 24.4. The molecule has 1 aliphatic heterocycles. The summed E-state index contributed by atoms with van der Waals surface area (Å²) in [5.41, 5.74) is 4.11. The van der Waals surface area contributed by atoms with Gasteiger partial charge < -0.3 is 34.7 Å². The van der Waals surface area contributed by atoms with Gasteiger partial charge in [0.2, 0.25) is 5.95 Å². The number of fused-ring (bicyclic) bond motifs is 1. The largest absolute Gasteiger partial charge is 0.462 e. The van der Waals surface area contributed by atoms with Crippen LogP contribution >= 0.6 is 6.64 Å². The van der Waals surface area contributed by atoms with E-state index >= 15 is 4.39 Å². The number of rotatable bonds is 11. The molecule has 3 heterocycles. The molecular formula is C24H33FN7O6PS. The van der Waals surface area contributed by atoms with Crippen molar-refractivity contribution < 1.29 is 32.8 Å². The average Bonchev–Trinajstić information content (AvgIpc) is 3.40. The van der Waals surface area contributed by atoms with Gasteiger partial charge in [0.25, 0.3) is 0 Å². The molecule has 5 N–H and O–H groups in total. The van der Waals surface area contributed by atoms with Gasteiger partial charge in [-0.2, -0.15) is 9.97 Å². The van der Waals surface area contributed by atoms with Gasteiger partial charge in [0.1, 0.15) is 24.0 Å². The monoisotopic (exact) mass is 597 g/mol. The Labute approximate surface area is 235 Å². The van der Waals surface area contributed by atoms with Crippen LogP contribution in [-0.2, 0) is 30.6 Å². The molecule has 1 fully saturated rings. The summed E-state index contributed by atoms with van der Waals surface area (Å²) in [6.07, 6.45) is -3.12. The van der Waals surface area contributed by atoms with Crippen LogP contribution in [0.5, 0.6) is 5.75 Å². The van der Waals surface area contributed by atoms with E-state index in [0.717, 1.165) is 0 Å². The highest BCUT2D eigenvalue weighted by atomic mass is 32.5. The Bertz CT molecular complexity index is 1390. The van der Waals surface area contributed by atoms with Gasteiger partial charge >= 0.3 is 12.6 Å². The summed E-state index contributed by atoms with van der Waals surface area (Å²) in [4.78, 5) is 25.0. The predicted molar refractivity (Wildman–Crippen MR) is 150 cm³/mol. The Morgan fingerprint density at radius 1 is 1.32 bits per heavy atom. The molecule has 0 radical (unpaired) electrons. The minimum absolute atomic E-state index is 0.0486. The lowest BCUT2D eigenvalue weighted by Gasteiger charge is -2.28. The molecule has 2 aromatic heterocycles. The number of ether oxygens (including phenoxy) is 2. The van der Waals surface area contributed by atoms with Gasteiger partial charge in [-0.15, -0.1) is 0 Å². The molecular weight excluding hydrogens is 564 g/mol. The van der Waals surface area contributed by atoms with Gasteiger partial charge in [-0.1, -0.05) is 18.2 Å². The van der Waals surface area contributed by atoms with E-state index in [1.165, 1.54) is 17.8 Å². The van der Waals surface area contributed by atoms with Crippen molar-refractivity contribution in [2.45, 2.75) is 63.9 Å². The lowest BCUT2D eigenvalue weighted by atomic mass is 9.98. The standard InChI is InChI=1S/C24H33FN7O6PS/c1-13(2)36-21(34)14(3)31-39(40,38-15-9-7-6-8-10-15)35-11-16-18(33)24(4,25)22(37-16)32-12-28-17-19(27-5)29-23(26)30-20(17)32/h6-10,12-14,16,18,22,33H,11H2,1-5H3,(H,31,40)(H3,26,27,29,30)/t14-,16+,18+,22+,24+,39+/m0/s1. The Morgan fingerprint density at radius 3 is 2.67 bits per heavy atom. The van der Waals surface area contributed by atoms with Crippen molar-refractivity contribution in [1.82, 2.24) is 24.6 Å². The molecule has 6 atom stereocenters. The molecule has 13 nitrogen and oxygen atoms in total. The molecule has 0 bridgehead atoms. The Morgan fingerprint density at radius 2 is 2.02 bits per heavy atom. The van der Waals surface area contributed by atoms with Crippen LogP contribution < -0.4 is 20.7 Å². The quantitative estimate of drug-likeness (QED) is 0.188. The number of nitrogens with one attached hydrogen (secondary N) is 2. The number of alkyl halides is 1. The summed E-state index contributed by atoms with van der Waals surface area (Å²) >= 11 is 5.70. The molecule has 0 saturated carbocycles. The van der Waals surface area contributed by atoms with Gasteiger partial charge in [-0.25, -0.2) is 14.5 Å². The number of anilines is 2. The maximum absolute atomic E-state index is 16.0. The molecule has 0 unspecified atom stereocenters. The first-order valence-corrected chi connectivity index (χ1v) is 15.2.